The van der Waals surface area contributed by atoms with Crippen molar-refractivity contribution in [2.24, 2.45) is 5.92 Å². The first kappa shape index (κ1) is 21.1. The molecule has 0 amide bonds. The predicted molar refractivity (Wildman–Crippen MR) is 112 cm³/mol. The van der Waals surface area contributed by atoms with Crippen molar-refractivity contribution >= 4 is 11.9 Å². The predicted octanol–water partition coefficient (Wildman–Crippen LogP) is 4.67. The molecule has 5 nitrogen and oxygen atoms in total. The van der Waals surface area contributed by atoms with Crippen LogP contribution in [0.3, 0.4) is 0 Å². The van der Waals surface area contributed by atoms with Crippen molar-refractivity contribution < 1.29 is 19.1 Å². The molecule has 2 aromatic carbocycles. The van der Waals surface area contributed by atoms with E-state index < -0.39 is 11.9 Å². The number of carbonyl (C=O) groups is 2. The Morgan fingerprint density at radius 1 is 1.00 bits per heavy atom. The van der Waals surface area contributed by atoms with Gasteiger partial charge in [-0.05, 0) is 68.6 Å². The van der Waals surface area contributed by atoms with Gasteiger partial charge in [0.2, 0.25) is 0 Å². The Hall–Kier alpha value is -2.66. The Kier molecular flexibility index (Phi) is 7.04. The van der Waals surface area contributed by atoms with Gasteiger partial charge in [0.25, 0.3) is 0 Å². The molecule has 0 spiro atoms. The van der Waals surface area contributed by atoms with Gasteiger partial charge in [0.1, 0.15) is 17.1 Å². The van der Waals surface area contributed by atoms with Gasteiger partial charge in [0.15, 0.2) is 0 Å². The number of para-hydroxylation sites is 1. The lowest BCUT2D eigenvalue weighted by atomic mass is 9.75. The van der Waals surface area contributed by atoms with Crippen molar-refractivity contribution in [1.29, 1.82) is 0 Å². The van der Waals surface area contributed by atoms with Crippen molar-refractivity contribution in [3.63, 3.8) is 0 Å². The van der Waals surface area contributed by atoms with Gasteiger partial charge < -0.3 is 14.4 Å². The summed E-state index contributed by atoms with van der Waals surface area (Å²) in [7, 11) is 4.23. The van der Waals surface area contributed by atoms with Crippen LogP contribution in [0.2, 0.25) is 0 Å². The Bertz CT molecular complexity index is 861. The summed E-state index contributed by atoms with van der Waals surface area (Å²) >= 11 is 0. The summed E-state index contributed by atoms with van der Waals surface area (Å²) < 4.78 is 10.8. The quantitative estimate of drug-likeness (QED) is 0.526. The Morgan fingerprint density at radius 2 is 1.76 bits per heavy atom. The molecule has 5 heteroatoms. The minimum absolute atomic E-state index is 0.208. The summed E-state index contributed by atoms with van der Waals surface area (Å²) in [6.07, 6.45) is 4.89. The first-order valence-electron chi connectivity index (χ1n) is 10.2. The van der Waals surface area contributed by atoms with Gasteiger partial charge in [0.05, 0.1) is 0 Å². The number of hydrogen-bond acceptors (Lipinski definition) is 5. The average Bonchev–Trinajstić information content (AvgIpc) is 2.68. The van der Waals surface area contributed by atoms with E-state index in [2.05, 4.69) is 25.1 Å². The maximum Gasteiger partial charge on any atom is 0.347 e. The van der Waals surface area contributed by atoms with Crippen LogP contribution in [0.4, 0.5) is 0 Å². The van der Waals surface area contributed by atoms with E-state index in [4.69, 9.17) is 9.47 Å². The van der Waals surface area contributed by atoms with Crippen molar-refractivity contribution in [2.45, 2.75) is 38.5 Å². The summed E-state index contributed by atoms with van der Waals surface area (Å²) in [5.41, 5.74) is 1.45. The Morgan fingerprint density at radius 3 is 2.52 bits per heavy atom. The molecule has 1 aliphatic carbocycles. The first-order chi connectivity index (χ1) is 13.9. The first-order valence-corrected chi connectivity index (χ1v) is 10.2. The summed E-state index contributed by atoms with van der Waals surface area (Å²) in [5.74, 6) is 0.787. The van der Waals surface area contributed by atoms with Crippen LogP contribution in [0.25, 0.3) is 0 Å². The molecular formula is C24H29NO4. The van der Waals surface area contributed by atoms with E-state index in [-0.39, 0.29) is 11.3 Å². The van der Waals surface area contributed by atoms with Crippen LogP contribution in [0.1, 0.15) is 54.4 Å². The largest absolute Gasteiger partial charge is 0.426 e. The number of benzene rings is 2. The molecule has 29 heavy (non-hydrogen) atoms. The second-order valence-corrected chi connectivity index (χ2v) is 7.97. The number of carbonyl (C=O) groups excluding carboxylic acids is 2. The van der Waals surface area contributed by atoms with Crippen molar-refractivity contribution in [2.75, 3.05) is 20.6 Å². The van der Waals surface area contributed by atoms with Gasteiger partial charge in [-0.3, -0.25) is 4.79 Å². The van der Waals surface area contributed by atoms with Crippen molar-refractivity contribution in [3.05, 3.63) is 59.7 Å². The van der Waals surface area contributed by atoms with Gasteiger partial charge in [-0.2, -0.15) is 0 Å². The monoisotopic (exact) mass is 395 g/mol. The number of rotatable bonds is 6. The third-order valence-corrected chi connectivity index (χ3v) is 5.37. The molecule has 0 heterocycles. The van der Waals surface area contributed by atoms with Crippen LogP contribution in [0.15, 0.2) is 48.5 Å². The normalized spacial score (nSPS) is 19.0. The molecule has 2 aromatic rings. The summed E-state index contributed by atoms with van der Waals surface area (Å²) in [6, 6.07) is 14.4. The highest BCUT2D eigenvalue weighted by atomic mass is 16.5. The molecule has 0 N–H and O–H groups in total. The molecule has 0 saturated heterocycles. The molecule has 3 rings (SSSR count). The molecule has 1 aliphatic rings. The van der Waals surface area contributed by atoms with Crippen LogP contribution in [-0.2, 0) is 4.79 Å². The summed E-state index contributed by atoms with van der Waals surface area (Å²) in [5, 5.41) is 0. The maximum atomic E-state index is 12.7. The van der Waals surface area contributed by atoms with Crippen LogP contribution >= 0.6 is 0 Å². The van der Waals surface area contributed by atoms with Crippen LogP contribution in [-0.4, -0.2) is 37.5 Å². The van der Waals surface area contributed by atoms with Crippen LogP contribution < -0.4 is 9.47 Å². The van der Waals surface area contributed by atoms with Crippen molar-refractivity contribution in [3.8, 4) is 11.5 Å². The van der Waals surface area contributed by atoms with E-state index in [1.807, 2.05) is 12.1 Å². The number of esters is 2. The number of hydrogen-bond donors (Lipinski definition) is 0. The van der Waals surface area contributed by atoms with Crippen LogP contribution in [0.5, 0.6) is 11.5 Å². The molecule has 0 aromatic heterocycles. The fraction of sp³-hybridized carbons (Fsp3) is 0.417. The maximum absolute atomic E-state index is 12.7. The fourth-order valence-corrected chi connectivity index (χ4v) is 4.18. The van der Waals surface area contributed by atoms with Gasteiger partial charge in [-0.25, -0.2) is 4.79 Å². The molecule has 154 valence electrons. The molecule has 0 aliphatic heterocycles. The third-order valence-electron chi connectivity index (χ3n) is 5.37. The molecule has 0 bridgehead atoms. The molecule has 1 saturated carbocycles. The fourth-order valence-electron chi connectivity index (χ4n) is 4.18. The average molecular weight is 395 g/mol. The lowest BCUT2D eigenvalue weighted by Gasteiger charge is -2.34. The van der Waals surface area contributed by atoms with Gasteiger partial charge >= 0.3 is 11.9 Å². The highest BCUT2D eigenvalue weighted by Gasteiger charge is 2.27. The van der Waals surface area contributed by atoms with E-state index in [1.54, 1.807) is 30.3 Å². The van der Waals surface area contributed by atoms with E-state index in [0.29, 0.717) is 17.6 Å². The molecule has 0 radical (unpaired) electrons. The molecule has 1 fully saturated rings. The highest BCUT2D eigenvalue weighted by Crippen LogP contribution is 2.39. The van der Waals surface area contributed by atoms with E-state index in [9.17, 15) is 9.59 Å². The minimum atomic E-state index is -0.535. The van der Waals surface area contributed by atoms with Crippen molar-refractivity contribution in [1.82, 2.24) is 4.90 Å². The smallest absolute Gasteiger partial charge is 0.347 e. The standard InChI is InChI=1S/C24H29NO4/c1-17(26)28-23-14-7-6-13-22(23)24(27)29-20-11-8-10-18(15-20)21-12-5-4-9-19(21)16-25(2)3/h6-8,10-11,13-15,19,21H,4-5,9,12,16H2,1-3H3/t19-,21?/m1/s1. The molecule has 2 atom stereocenters. The third kappa shape index (κ3) is 5.67. The number of nitrogens with zero attached hydrogens (tertiary/aromatic N) is 1. The zero-order valence-corrected chi connectivity index (χ0v) is 17.4. The van der Waals surface area contributed by atoms with E-state index in [0.717, 1.165) is 13.0 Å². The Labute approximate surface area is 172 Å². The number of ether oxygens (including phenoxy) is 2. The molecular weight excluding hydrogens is 366 g/mol. The van der Waals surface area contributed by atoms with Gasteiger partial charge in [0, 0.05) is 13.5 Å². The lowest BCUT2D eigenvalue weighted by molar-refractivity contribution is -0.131. The van der Waals surface area contributed by atoms with E-state index >= 15 is 0 Å². The Balaban J connectivity index is 1.78. The second-order valence-electron chi connectivity index (χ2n) is 7.97. The van der Waals surface area contributed by atoms with E-state index in [1.165, 1.54) is 31.7 Å². The van der Waals surface area contributed by atoms with Gasteiger partial charge in [-0.15, -0.1) is 0 Å². The SMILES string of the molecule is CC(=O)Oc1ccccc1C(=O)Oc1cccc(C2CCCC[C@@H]2CN(C)C)c1. The highest BCUT2D eigenvalue weighted by molar-refractivity contribution is 5.94. The minimum Gasteiger partial charge on any atom is -0.426 e. The molecule has 1 unspecified atom stereocenters. The lowest BCUT2D eigenvalue weighted by Crippen LogP contribution is -2.28. The second kappa shape index (κ2) is 9.70. The summed E-state index contributed by atoms with van der Waals surface area (Å²) in [4.78, 5) is 26.2. The topological polar surface area (TPSA) is 55.8 Å². The van der Waals surface area contributed by atoms with Gasteiger partial charge in [-0.1, -0.05) is 37.1 Å². The summed E-state index contributed by atoms with van der Waals surface area (Å²) in [6.45, 7) is 2.37. The van der Waals surface area contributed by atoms with Crippen LogP contribution in [0, 0.1) is 5.92 Å². The zero-order chi connectivity index (χ0) is 20.8. The zero-order valence-electron chi connectivity index (χ0n) is 17.4.